The number of benzene rings is 1. The Bertz CT molecular complexity index is 736. The van der Waals surface area contributed by atoms with Crippen molar-refractivity contribution in [2.45, 2.75) is 6.92 Å². The Morgan fingerprint density at radius 1 is 0.950 bits per heavy atom. The molecule has 0 radical (unpaired) electrons. The van der Waals surface area contributed by atoms with Crippen LogP contribution in [0.4, 0.5) is 0 Å². The lowest BCUT2D eigenvalue weighted by atomic mass is 9.98. The zero-order valence-corrected chi connectivity index (χ0v) is 11.6. The monoisotopic (exact) mass is 262 g/mol. The minimum absolute atomic E-state index is 1.11. The van der Waals surface area contributed by atoms with Crippen molar-refractivity contribution in [1.29, 1.82) is 0 Å². The molecule has 2 heterocycles. The predicted octanol–water partition coefficient (Wildman–Crippen LogP) is 2.94. The van der Waals surface area contributed by atoms with Gasteiger partial charge in [-0.05, 0) is 41.3 Å². The van der Waals surface area contributed by atoms with E-state index in [1.165, 1.54) is 16.7 Å². The second-order valence-electron chi connectivity index (χ2n) is 4.80. The number of hydrogen-bond donors (Lipinski definition) is 0. The first-order valence-electron chi connectivity index (χ1n) is 6.58. The van der Waals surface area contributed by atoms with Crippen molar-refractivity contribution in [2.24, 2.45) is 7.05 Å². The molecule has 3 rings (SSSR count). The Morgan fingerprint density at radius 2 is 1.80 bits per heavy atom. The maximum absolute atomic E-state index is 4.30. The first-order valence-corrected chi connectivity index (χ1v) is 6.58. The summed E-state index contributed by atoms with van der Waals surface area (Å²) in [7, 11) is 1.96. The molecule has 0 aliphatic carbocycles. The quantitative estimate of drug-likeness (QED) is 0.665. The molecule has 2 aromatic heterocycles. The second kappa shape index (κ2) is 5.21. The molecule has 0 bridgehead atoms. The molecule has 1 aromatic carbocycles. The van der Waals surface area contributed by atoms with Gasteiger partial charge in [0.25, 0.3) is 0 Å². The van der Waals surface area contributed by atoms with E-state index in [1.807, 2.05) is 30.1 Å². The number of aromatic nitrogens is 3. The van der Waals surface area contributed by atoms with Crippen LogP contribution in [0.15, 0.2) is 61.1 Å². The number of pyridine rings is 1. The van der Waals surface area contributed by atoms with Gasteiger partial charge in [-0.25, -0.2) is 0 Å². The lowest BCUT2D eigenvalue weighted by Crippen LogP contribution is -2.35. The van der Waals surface area contributed by atoms with Gasteiger partial charge < -0.3 is 0 Å². The summed E-state index contributed by atoms with van der Waals surface area (Å²) in [5, 5.41) is 4.30. The minimum Gasteiger partial charge on any atom is -0.264 e. The van der Waals surface area contributed by atoms with E-state index >= 15 is 0 Å². The number of nitrogens with zero attached hydrogens (tertiary/aromatic N) is 3. The van der Waals surface area contributed by atoms with E-state index in [-0.39, 0.29) is 0 Å². The summed E-state index contributed by atoms with van der Waals surface area (Å²) in [6.07, 6.45) is 5.47. The van der Waals surface area contributed by atoms with Gasteiger partial charge >= 0.3 is 0 Å². The Labute approximate surface area is 118 Å². The molecule has 0 unspecified atom stereocenters. The molecule has 98 valence electrons. The lowest BCUT2D eigenvalue weighted by Gasteiger charge is -2.07. The first kappa shape index (κ1) is 12.5. The molecule has 0 aliphatic heterocycles. The van der Waals surface area contributed by atoms with E-state index in [1.54, 1.807) is 12.4 Å². The van der Waals surface area contributed by atoms with Gasteiger partial charge in [0, 0.05) is 24.0 Å². The molecule has 0 amide bonds. The van der Waals surface area contributed by atoms with Crippen LogP contribution in [0.1, 0.15) is 5.56 Å². The van der Waals surface area contributed by atoms with Gasteiger partial charge in [-0.1, -0.05) is 22.9 Å². The van der Waals surface area contributed by atoms with Crippen LogP contribution in [-0.2, 0) is 7.05 Å². The van der Waals surface area contributed by atoms with Crippen molar-refractivity contribution in [3.63, 3.8) is 0 Å². The Kier molecular flexibility index (Phi) is 3.25. The molecule has 0 atom stereocenters. The summed E-state index contributed by atoms with van der Waals surface area (Å²) >= 11 is 0. The maximum Gasteiger partial charge on any atom is 0.239 e. The third kappa shape index (κ3) is 2.30. The van der Waals surface area contributed by atoms with Crippen molar-refractivity contribution < 1.29 is 4.68 Å². The van der Waals surface area contributed by atoms with Crippen LogP contribution in [0, 0.1) is 6.92 Å². The summed E-state index contributed by atoms with van der Waals surface area (Å²) in [6.45, 7) is 2.12. The van der Waals surface area contributed by atoms with E-state index in [0.29, 0.717) is 0 Å². The zero-order valence-electron chi connectivity index (χ0n) is 11.6. The van der Waals surface area contributed by atoms with Gasteiger partial charge in [0.15, 0.2) is 7.05 Å². The Hall–Kier alpha value is -2.55. The van der Waals surface area contributed by atoms with E-state index in [4.69, 9.17) is 0 Å². The average molecular weight is 262 g/mol. The van der Waals surface area contributed by atoms with Gasteiger partial charge in [-0.3, -0.25) is 4.98 Å². The first-order chi connectivity index (χ1) is 9.75. The molecule has 3 nitrogen and oxygen atoms in total. The smallest absolute Gasteiger partial charge is 0.239 e. The molecule has 0 fully saturated rings. The van der Waals surface area contributed by atoms with E-state index in [2.05, 4.69) is 47.3 Å². The fourth-order valence-corrected chi connectivity index (χ4v) is 2.32. The molecule has 20 heavy (non-hydrogen) atoms. The summed E-state index contributed by atoms with van der Waals surface area (Å²) in [5.74, 6) is 0. The zero-order chi connectivity index (χ0) is 13.9. The van der Waals surface area contributed by atoms with Crippen LogP contribution < -0.4 is 4.68 Å². The van der Waals surface area contributed by atoms with Gasteiger partial charge in [0.05, 0.1) is 11.8 Å². The maximum atomic E-state index is 4.30. The van der Waals surface area contributed by atoms with Crippen molar-refractivity contribution in [3.8, 4) is 22.4 Å². The highest BCUT2D eigenvalue weighted by atomic mass is 15.2. The van der Waals surface area contributed by atoms with Crippen LogP contribution in [0.3, 0.4) is 0 Å². The highest BCUT2D eigenvalue weighted by Gasteiger charge is 2.13. The van der Waals surface area contributed by atoms with Gasteiger partial charge in [0.1, 0.15) is 0 Å². The summed E-state index contributed by atoms with van der Waals surface area (Å²) in [5.41, 5.74) is 5.83. The average Bonchev–Trinajstić information content (AvgIpc) is 2.49. The SMILES string of the molecule is Cc1ccc(-c2cccnc2)cc1-c1cccn[n+]1C. The van der Waals surface area contributed by atoms with Crippen LogP contribution in [-0.4, -0.2) is 10.1 Å². The molecule has 3 aromatic rings. The molecule has 0 saturated carbocycles. The Morgan fingerprint density at radius 3 is 2.55 bits per heavy atom. The van der Waals surface area contributed by atoms with Crippen molar-refractivity contribution in [3.05, 3.63) is 66.6 Å². The van der Waals surface area contributed by atoms with Crippen molar-refractivity contribution >= 4 is 0 Å². The summed E-state index contributed by atoms with van der Waals surface area (Å²) < 4.78 is 1.90. The molecule has 0 aliphatic rings. The molecule has 3 heteroatoms. The lowest BCUT2D eigenvalue weighted by molar-refractivity contribution is -0.720. The van der Waals surface area contributed by atoms with Crippen molar-refractivity contribution in [2.75, 3.05) is 0 Å². The Balaban J connectivity index is 2.15. The fourth-order valence-electron chi connectivity index (χ4n) is 2.32. The minimum atomic E-state index is 1.11. The highest BCUT2D eigenvalue weighted by molar-refractivity contribution is 5.72. The van der Waals surface area contributed by atoms with Crippen LogP contribution in [0.2, 0.25) is 0 Å². The number of aryl methyl sites for hydroxylation is 2. The molecular formula is C17H16N3+. The molecule has 0 N–H and O–H groups in total. The molecule has 0 saturated heterocycles. The summed E-state index contributed by atoms with van der Waals surface area (Å²) in [6, 6.07) is 14.6. The molecule has 0 spiro atoms. The summed E-state index contributed by atoms with van der Waals surface area (Å²) in [4.78, 5) is 4.19. The van der Waals surface area contributed by atoms with E-state index in [9.17, 15) is 0 Å². The highest BCUT2D eigenvalue weighted by Crippen LogP contribution is 2.26. The van der Waals surface area contributed by atoms with Crippen LogP contribution in [0.5, 0.6) is 0 Å². The van der Waals surface area contributed by atoms with Gasteiger partial charge in [0.2, 0.25) is 5.69 Å². The number of rotatable bonds is 2. The van der Waals surface area contributed by atoms with E-state index < -0.39 is 0 Å². The second-order valence-corrected chi connectivity index (χ2v) is 4.80. The van der Waals surface area contributed by atoms with Crippen LogP contribution >= 0.6 is 0 Å². The third-order valence-corrected chi connectivity index (χ3v) is 3.44. The van der Waals surface area contributed by atoms with Crippen molar-refractivity contribution in [1.82, 2.24) is 10.1 Å². The predicted molar refractivity (Wildman–Crippen MR) is 78.8 cm³/mol. The number of hydrogen-bond acceptors (Lipinski definition) is 2. The topological polar surface area (TPSA) is 29.7 Å². The normalized spacial score (nSPS) is 10.5. The third-order valence-electron chi connectivity index (χ3n) is 3.44. The fraction of sp³-hybridized carbons (Fsp3) is 0.118. The van der Waals surface area contributed by atoms with Gasteiger partial charge in [-0.15, -0.1) is 0 Å². The van der Waals surface area contributed by atoms with Gasteiger partial charge in [-0.2, -0.15) is 0 Å². The standard InChI is InChI=1S/C17H16N3/c1-13-7-8-14(15-5-3-9-18-12-15)11-16(13)17-6-4-10-19-20(17)2/h3-12H,1-2H3/q+1. The molecular weight excluding hydrogens is 246 g/mol. The van der Waals surface area contributed by atoms with Crippen LogP contribution in [0.25, 0.3) is 22.4 Å². The van der Waals surface area contributed by atoms with E-state index in [0.717, 1.165) is 11.3 Å². The largest absolute Gasteiger partial charge is 0.264 e.